The highest BCUT2D eigenvalue weighted by Crippen LogP contribution is 2.46. The van der Waals surface area contributed by atoms with E-state index in [9.17, 15) is 18.0 Å². The van der Waals surface area contributed by atoms with Gasteiger partial charge in [0.1, 0.15) is 0 Å². The molecule has 0 spiro atoms. The van der Waals surface area contributed by atoms with Gasteiger partial charge in [-0.15, -0.1) is 0 Å². The highest BCUT2D eigenvalue weighted by Gasteiger charge is 2.39. The lowest BCUT2D eigenvalue weighted by molar-refractivity contribution is -0.137. The Hall–Kier alpha value is -1.48. The lowest BCUT2D eigenvalue weighted by Crippen LogP contribution is -2.25. The van der Waals surface area contributed by atoms with E-state index in [4.69, 9.17) is 5.26 Å². The van der Waals surface area contributed by atoms with Crippen LogP contribution in [0.25, 0.3) is 0 Å². The fourth-order valence-electron chi connectivity index (χ4n) is 3.31. The Morgan fingerprint density at radius 2 is 1.86 bits per heavy atom. The smallest absolute Gasteiger partial charge is 0.294 e. The second-order valence-electron chi connectivity index (χ2n) is 5.86. The quantitative estimate of drug-likeness (QED) is 0.755. The molecule has 0 amide bonds. The highest BCUT2D eigenvalue weighted by molar-refractivity contribution is 8.00. The Morgan fingerprint density at radius 3 is 2.41 bits per heavy atom. The van der Waals surface area contributed by atoms with Crippen LogP contribution in [-0.4, -0.2) is 16.3 Å². The van der Waals surface area contributed by atoms with E-state index < -0.39 is 11.7 Å². The molecule has 3 rings (SSSR count). The number of nitriles is 1. The SMILES string of the molecule is N#Cc1ccc(C(F)(F)F)cc1C(=O)C1CC2CCC(C1)S2. The standard InChI is InChI=1S/C16H14F3NOS/c17-16(18,19)11-2-1-9(8-20)14(7-11)15(21)10-5-12-3-4-13(6-10)22-12/h1-2,7,10,12-13H,3-6H2. The molecule has 2 unspecified atom stereocenters. The molecule has 0 N–H and O–H groups in total. The number of nitrogens with zero attached hydrogens (tertiary/aromatic N) is 1. The molecule has 2 fully saturated rings. The number of hydrogen-bond donors (Lipinski definition) is 0. The van der Waals surface area contributed by atoms with Gasteiger partial charge < -0.3 is 0 Å². The van der Waals surface area contributed by atoms with E-state index in [-0.39, 0.29) is 22.8 Å². The fourth-order valence-corrected chi connectivity index (χ4v) is 5.09. The number of Topliss-reactive ketones (excluding diaryl/α,β-unsaturated/α-hetero) is 1. The lowest BCUT2D eigenvalue weighted by Gasteiger charge is -2.26. The number of rotatable bonds is 2. The summed E-state index contributed by atoms with van der Waals surface area (Å²) in [7, 11) is 0. The van der Waals surface area contributed by atoms with E-state index in [1.54, 1.807) is 0 Å². The zero-order valence-corrected chi connectivity index (χ0v) is 12.5. The van der Waals surface area contributed by atoms with Gasteiger partial charge in [-0.2, -0.15) is 30.2 Å². The minimum atomic E-state index is -4.51. The average Bonchev–Trinajstić information content (AvgIpc) is 2.83. The van der Waals surface area contributed by atoms with Crippen LogP contribution in [0.15, 0.2) is 18.2 Å². The van der Waals surface area contributed by atoms with Crippen molar-refractivity contribution in [2.24, 2.45) is 5.92 Å². The molecule has 2 heterocycles. The second kappa shape index (κ2) is 5.62. The number of halogens is 3. The Balaban J connectivity index is 1.92. The van der Waals surface area contributed by atoms with Crippen LogP contribution >= 0.6 is 11.8 Å². The molecule has 116 valence electrons. The van der Waals surface area contributed by atoms with E-state index in [1.807, 2.05) is 17.8 Å². The third kappa shape index (κ3) is 2.87. The molecule has 6 heteroatoms. The van der Waals surface area contributed by atoms with Crippen molar-refractivity contribution in [2.45, 2.75) is 42.4 Å². The first-order chi connectivity index (χ1) is 10.4. The van der Waals surface area contributed by atoms with Crippen molar-refractivity contribution < 1.29 is 18.0 Å². The number of thioether (sulfide) groups is 1. The number of alkyl halides is 3. The van der Waals surface area contributed by atoms with Gasteiger partial charge in [-0.1, -0.05) is 0 Å². The summed E-state index contributed by atoms with van der Waals surface area (Å²) in [6, 6.07) is 4.63. The van der Waals surface area contributed by atoms with Crippen molar-refractivity contribution in [1.82, 2.24) is 0 Å². The fraction of sp³-hybridized carbons (Fsp3) is 0.500. The normalized spacial score (nSPS) is 27.5. The van der Waals surface area contributed by atoms with E-state index >= 15 is 0 Å². The summed E-state index contributed by atoms with van der Waals surface area (Å²) < 4.78 is 38.5. The van der Waals surface area contributed by atoms with Crippen molar-refractivity contribution >= 4 is 17.5 Å². The van der Waals surface area contributed by atoms with Crippen molar-refractivity contribution in [3.63, 3.8) is 0 Å². The Kier molecular flexibility index (Phi) is 3.94. The van der Waals surface area contributed by atoms with Crippen molar-refractivity contribution in [3.8, 4) is 6.07 Å². The first kappa shape index (κ1) is 15.4. The average molecular weight is 325 g/mol. The molecule has 22 heavy (non-hydrogen) atoms. The molecular weight excluding hydrogens is 311 g/mol. The van der Waals surface area contributed by atoms with E-state index in [0.29, 0.717) is 23.3 Å². The molecule has 0 saturated carbocycles. The molecule has 2 saturated heterocycles. The van der Waals surface area contributed by atoms with Crippen LogP contribution in [0.4, 0.5) is 13.2 Å². The molecule has 1 aromatic carbocycles. The third-order valence-corrected chi connectivity index (χ3v) is 6.02. The molecule has 0 aromatic heterocycles. The summed E-state index contributed by atoms with van der Waals surface area (Å²) in [5, 5.41) is 9.96. The number of benzene rings is 1. The molecule has 2 bridgehead atoms. The van der Waals surface area contributed by atoms with Crippen LogP contribution in [-0.2, 0) is 6.18 Å². The zero-order chi connectivity index (χ0) is 15.9. The summed E-state index contributed by atoms with van der Waals surface area (Å²) >= 11 is 1.89. The number of hydrogen-bond acceptors (Lipinski definition) is 3. The predicted octanol–water partition coefficient (Wildman–Crippen LogP) is 4.43. The van der Waals surface area contributed by atoms with Crippen LogP contribution < -0.4 is 0 Å². The Labute approximate surface area is 130 Å². The number of carbonyl (C=O) groups is 1. The summed E-state index contributed by atoms with van der Waals surface area (Å²) in [5.41, 5.74) is -0.916. The summed E-state index contributed by atoms with van der Waals surface area (Å²) in [4.78, 5) is 12.6. The van der Waals surface area contributed by atoms with E-state index in [0.717, 1.165) is 31.0 Å². The number of ketones is 1. The van der Waals surface area contributed by atoms with Gasteiger partial charge in [0.05, 0.1) is 17.2 Å². The van der Waals surface area contributed by atoms with Gasteiger partial charge in [0.25, 0.3) is 0 Å². The maximum Gasteiger partial charge on any atom is 0.416 e. The molecule has 0 radical (unpaired) electrons. The molecule has 2 atom stereocenters. The van der Waals surface area contributed by atoms with E-state index in [2.05, 4.69) is 0 Å². The molecule has 2 nitrogen and oxygen atoms in total. The van der Waals surface area contributed by atoms with Crippen LogP contribution in [0.1, 0.15) is 47.2 Å². The highest BCUT2D eigenvalue weighted by atomic mass is 32.2. The van der Waals surface area contributed by atoms with Crippen LogP contribution in [0.2, 0.25) is 0 Å². The predicted molar refractivity (Wildman–Crippen MR) is 77.6 cm³/mol. The molecule has 2 aliphatic rings. The second-order valence-corrected chi connectivity index (χ2v) is 7.47. The topological polar surface area (TPSA) is 40.9 Å². The largest absolute Gasteiger partial charge is 0.416 e. The molecule has 1 aromatic rings. The van der Waals surface area contributed by atoms with Gasteiger partial charge >= 0.3 is 6.18 Å². The summed E-state index contributed by atoms with van der Waals surface area (Å²) in [5.74, 6) is -0.561. The van der Waals surface area contributed by atoms with Gasteiger partial charge in [0.2, 0.25) is 0 Å². The van der Waals surface area contributed by atoms with Crippen molar-refractivity contribution in [3.05, 3.63) is 34.9 Å². The third-order valence-electron chi connectivity index (χ3n) is 4.39. The van der Waals surface area contributed by atoms with Crippen molar-refractivity contribution in [1.29, 1.82) is 5.26 Å². The monoisotopic (exact) mass is 325 g/mol. The first-order valence-corrected chi connectivity index (χ1v) is 8.14. The maximum absolute atomic E-state index is 12.8. The number of carbonyl (C=O) groups excluding carboxylic acids is 1. The van der Waals surface area contributed by atoms with Gasteiger partial charge in [-0.05, 0) is 43.9 Å². The number of fused-ring (bicyclic) bond motifs is 2. The van der Waals surface area contributed by atoms with Gasteiger partial charge in [-0.25, -0.2) is 0 Å². The Morgan fingerprint density at radius 1 is 1.23 bits per heavy atom. The van der Waals surface area contributed by atoms with Crippen LogP contribution in [0.5, 0.6) is 0 Å². The van der Waals surface area contributed by atoms with Gasteiger partial charge in [-0.3, -0.25) is 4.79 Å². The van der Waals surface area contributed by atoms with Crippen LogP contribution in [0, 0.1) is 17.2 Å². The summed E-state index contributed by atoms with van der Waals surface area (Å²) in [6.07, 6.45) is -0.938. The maximum atomic E-state index is 12.8. The first-order valence-electron chi connectivity index (χ1n) is 7.19. The van der Waals surface area contributed by atoms with Crippen molar-refractivity contribution in [2.75, 3.05) is 0 Å². The molecular formula is C16H14F3NOS. The van der Waals surface area contributed by atoms with Gasteiger partial charge in [0, 0.05) is 22.0 Å². The van der Waals surface area contributed by atoms with Crippen LogP contribution in [0.3, 0.4) is 0 Å². The Bertz CT molecular complexity index is 638. The van der Waals surface area contributed by atoms with Gasteiger partial charge in [0.15, 0.2) is 5.78 Å². The van der Waals surface area contributed by atoms with E-state index in [1.165, 1.54) is 0 Å². The molecule has 0 aliphatic carbocycles. The minimum Gasteiger partial charge on any atom is -0.294 e. The minimum absolute atomic E-state index is 0.0311. The lowest BCUT2D eigenvalue weighted by atomic mass is 9.87. The molecule has 2 aliphatic heterocycles. The summed E-state index contributed by atoms with van der Waals surface area (Å²) in [6.45, 7) is 0. The zero-order valence-electron chi connectivity index (χ0n) is 11.7.